The van der Waals surface area contributed by atoms with E-state index in [0.29, 0.717) is 0 Å². The average Bonchev–Trinajstić information content (AvgIpc) is 2.64. The van der Waals surface area contributed by atoms with Crippen molar-refractivity contribution in [1.82, 2.24) is 0 Å². The first-order valence-corrected chi connectivity index (χ1v) is 5.72. The number of benzene rings is 1. The Morgan fingerprint density at radius 1 is 1.53 bits per heavy atom. The third-order valence-corrected chi connectivity index (χ3v) is 3.26. The molecule has 0 saturated carbocycles. The van der Waals surface area contributed by atoms with Gasteiger partial charge in [-0.05, 0) is 30.0 Å². The number of aliphatic hydroxyl groups is 1. The number of aliphatic hydroxyl groups excluding tert-OH is 1. The molecule has 1 fully saturated rings. The molecule has 0 aromatic heterocycles. The second-order valence-electron chi connectivity index (χ2n) is 4.28. The maximum Gasteiger partial charge on any atom is 0.0682 e. The van der Waals surface area contributed by atoms with Gasteiger partial charge in [0.2, 0.25) is 0 Å². The van der Waals surface area contributed by atoms with Crippen LogP contribution in [0.15, 0.2) is 18.2 Å². The van der Waals surface area contributed by atoms with Crippen molar-refractivity contribution in [2.45, 2.75) is 20.0 Å². The normalized spacial score (nSPS) is 21.0. The smallest absolute Gasteiger partial charge is 0.0682 e. The van der Waals surface area contributed by atoms with Crippen molar-refractivity contribution >= 4 is 17.3 Å². The Hall–Kier alpha value is -0.730. The van der Waals surface area contributed by atoms with Crippen molar-refractivity contribution in [1.29, 1.82) is 0 Å². The van der Waals surface area contributed by atoms with Crippen LogP contribution in [-0.2, 0) is 6.61 Å². The molecule has 0 spiro atoms. The van der Waals surface area contributed by atoms with Crippen molar-refractivity contribution in [3.63, 3.8) is 0 Å². The van der Waals surface area contributed by atoms with Crippen LogP contribution in [0.25, 0.3) is 0 Å². The fraction of sp³-hybridized carbons (Fsp3) is 0.500. The summed E-state index contributed by atoms with van der Waals surface area (Å²) in [7, 11) is 0. The van der Waals surface area contributed by atoms with E-state index in [-0.39, 0.29) is 6.61 Å². The zero-order valence-corrected chi connectivity index (χ0v) is 9.67. The van der Waals surface area contributed by atoms with Crippen LogP contribution < -0.4 is 4.90 Å². The van der Waals surface area contributed by atoms with Gasteiger partial charge in [0.15, 0.2) is 0 Å². The quantitative estimate of drug-likeness (QED) is 0.837. The van der Waals surface area contributed by atoms with Gasteiger partial charge in [-0.3, -0.25) is 0 Å². The number of nitrogens with zero attached hydrogens (tertiary/aromatic N) is 1. The van der Waals surface area contributed by atoms with Gasteiger partial charge < -0.3 is 10.0 Å². The Balaban J connectivity index is 2.21. The van der Waals surface area contributed by atoms with Crippen molar-refractivity contribution < 1.29 is 5.11 Å². The molecular formula is C12H16ClNO. The summed E-state index contributed by atoms with van der Waals surface area (Å²) in [4.78, 5) is 2.31. The van der Waals surface area contributed by atoms with Gasteiger partial charge in [0.1, 0.15) is 0 Å². The topological polar surface area (TPSA) is 23.5 Å². The summed E-state index contributed by atoms with van der Waals surface area (Å²) in [5.41, 5.74) is 1.97. The molecule has 1 atom stereocenters. The van der Waals surface area contributed by atoms with Gasteiger partial charge in [-0.1, -0.05) is 24.6 Å². The van der Waals surface area contributed by atoms with E-state index in [0.717, 1.165) is 35.3 Å². The molecule has 1 aromatic carbocycles. The summed E-state index contributed by atoms with van der Waals surface area (Å²) in [6.45, 7) is 4.48. The molecule has 0 bridgehead atoms. The van der Waals surface area contributed by atoms with E-state index in [1.54, 1.807) is 0 Å². The molecule has 15 heavy (non-hydrogen) atoms. The molecule has 1 saturated heterocycles. The molecule has 2 nitrogen and oxygen atoms in total. The van der Waals surface area contributed by atoms with Gasteiger partial charge in [-0.15, -0.1) is 0 Å². The van der Waals surface area contributed by atoms with Gasteiger partial charge in [-0.2, -0.15) is 0 Å². The first-order chi connectivity index (χ1) is 7.20. The summed E-state index contributed by atoms with van der Waals surface area (Å²) in [6.07, 6.45) is 1.23. The second-order valence-corrected chi connectivity index (χ2v) is 4.69. The molecular weight excluding hydrogens is 210 g/mol. The predicted octanol–water partition coefficient (Wildman–Crippen LogP) is 2.68. The summed E-state index contributed by atoms with van der Waals surface area (Å²) in [5.74, 6) is 0.749. The minimum absolute atomic E-state index is 0.0520. The van der Waals surface area contributed by atoms with E-state index < -0.39 is 0 Å². The Kier molecular flexibility index (Phi) is 3.17. The zero-order valence-electron chi connectivity index (χ0n) is 8.91. The Morgan fingerprint density at radius 2 is 2.33 bits per heavy atom. The van der Waals surface area contributed by atoms with E-state index in [1.165, 1.54) is 6.42 Å². The van der Waals surface area contributed by atoms with Crippen LogP contribution in [-0.4, -0.2) is 18.2 Å². The average molecular weight is 226 g/mol. The van der Waals surface area contributed by atoms with Crippen LogP contribution in [0.4, 0.5) is 5.69 Å². The number of hydrogen-bond acceptors (Lipinski definition) is 2. The molecule has 2 rings (SSSR count). The molecule has 1 aliphatic rings. The van der Waals surface area contributed by atoms with Crippen molar-refractivity contribution in [2.75, 3.05) is 18.0 Å². The summed E-state index contributed by atoms with van der Waals surface area (Å²) in [6, 6.07) is 5.79. The van der Waals surface area contributed by atoms with E-state index in [9.17, 15) is 0 Å². The Bertz CT molecular complexity index is 353. The van der Waals surface area contributed by atoms with Gasteiger partial charge in [0.05, 0.1) is 17.3 Å². The van der Waals surface area contributed by atoms with E-state index >= 15 is 0 Å². The Morgan fingerprint density at radius 3 is 2.87 bits per heavy atom. The lowest BCUT2D eigenvalue weighted by molar-refractivity contribution is 0.282. The van der Waals surface area contributed by atoms with E-state index in [2.05, 4.69) is 11.8 Å². The largest absolute Gasteiger partial charge is 0.392 e. The first kappa shape index (κ1) is 10.8. The fourth-order valence-corrected chi connectivity index (χ4v) is 2.38. The molecule has 1 heterocycles. The molecule has 0 aliphatic carbocycles. The van der Waals surface area contributed by atoms with Crippen molar-refractivity contribution in [3.8, 4) is 0 Å². The second kappa shape index (κ2) is 4.42. The highest BCUT2D eigenvalue weighted by molar-refractivity contribution is 6.33. The highest BCUT2D eigenvalue weighted by Gasteiger charge is 2.20. The van der Waals surface area contributed by atoms with Crippen LogP contribution in [0, 0.1) is 5.92 Å². The third kappa shape index (κ3) is 2.27. The number of halogens is 1. The van der Waals surface area contributed by atoms with E-state index in [4.69, 9.17) is 16.7 Å². The Labute approximate surface area is 95.5 Å². The van der Waals surface area contributed by atoms with Crippen molar-refractivity contribution in [3.05, 3.63) is 28.8 Å². The molecule has 82 valence electrons. The molecule has 1 N–H and O–H groups in total. The maximum atomic E-state index is 8.99. The number of rotatable bonds is 2. The van der Waals surface area contributed by atoms with Gasteiger partial charge in [0.25, 0.3) is 0 Å². The highest BCUT2D eigenvalue weighted by Crippen LogP contribution is 2.30. The molecule has 0 radical (unpaired) electrons. The van der Waals surface area contributed by atoms with Gasteiger partial charge >= 0.3 is 0 Å². The fourth-order valence-electron chi connectivity index (χ4n) is 2.06. The van der Waals surface area contributed by atoms with Crippen LogP contribution in [0.1, 0.15) is 18.9 Å². The molecule has 1 aromatic rings. The first-order valence-electron chi connectivity index (χ1n) is 5.35. The number of anilines is 1. The minimum atomic E-state index is 0.0520. The molecule has 0 amide bonds. The van der Waals surface area contributed by atoms with Crippen molar-refractivity contribution in [2.24, 2.45) is 5.92 Å². The van der Waals surface area contributed by atoms with Crippen LogP contribution in [0.5, 0.6) is 0 Å². The third-order valence-electron chi connectivity index (χ3n) is 2.96. The van der Waals surface area contributed by atoms with Crippen LogP contribution >= 0.6 is 11.6 Å². The highest BCUT2D eigenvalue weighted by atomic mass is 35.5. The lowest BCUT2D eigenvalue weighted by Gasteiger charge is -2.20. The monoisotopic (exact) mass is 225 g/mol. The summed E-state index contributed by atoms with van der Waals surface area (Å²) < 4.78 is 0. The van der Waals surface area contributed by atoms with Gasteiger partial charge in [0, 0.05) is 13.1 Å². The molecule has 1 unspecified atom stereocenters. The summed E-state index contributed by atoms with van der Waals surface area (Å²) in [5, 5.41) is 9.73. The van der Waals surface area contributed by atoms with Gasteiger partial charge in [-0.25, -0.2) is 0 Å². The summed E-state index contributed by atoms with van der Waals surface area (Å²) >= 11 is 6.18. The zero-order chi connectivity index (χ0) is 10.8. The SMILES string of the molecule is CC1CCN(c2ccc(CO)cc2Cl)C1. The standard InChI is InChI=1S/C12H16ClNO/c1-9-4-5-14(7-9)12-3-2-10(8-15)6-11(12)13/h2-3,6,9,15H,4-5,7-8H2,1H3. The van der Waals surface area contributed by atoms with Crippen LogP contribution in [0.3, 0.4) is 0 Å². The predicted molar refractivity (Wildman–Crippen MR) is 63.4 cm³/mol. The number of hydrogen-bond donors (Lipinski definition) is 1. The molecule has 3 heteroatoms. The lowest BCUT2D eigenvalue weighted by Crippen LogP contribution is -2.19. The lowest BCUT2D eigenvalue weighted by atomic mass is 10.2. The van der Waals surface area contributed by atoms with E-state index in [1.807, 2.05) is 18.2 Å². The minimum Gasteiger partial charge on any atom is -0.392 e. The molecule has 1 aliphatic heterocycles. The maximum absolute atomic E-state index is 8.99. The van der Waals surface area contributed by atoms with Crippen LogP contribution in [0.2, 0.25) is 5.02 Å².